The molecule has 0 aliphatic heterocycles. The van der Waals surface area contributed by atoms with Gasteiger partial charge in [0.15, 0.2) is 0 Å². The van der Waals surface area contributed by atoms with E-state index in [2.05, 4.69) is 34.9 Å². The molecule has 0 spiro atoms. The van der Waals surface area contributed by atoms with Gasteiger partial charge >= 0.3 is 0 Å². The summed E-state index contributed by atoms with van der Waals surface area (Å²) >= 11 is 0. The first kappa shape index (κ1) is 10.2. The number of hydrogen-bond donors (Lipinski definition) is 2. The Balaban J connectivity index is 1.99. The molecule has 0 aromatic heterocycles. The maximum Gasteiger partial charge on any atom is 0.233 e. The van der Waals surface area contributed by atoms with Crippen molar-refractivity contribution in [1.29, 1.82) is 0 Å². The van der Waals surface area contributed by atoms with Crippen molar-refractivity contribution in [2.75, 3.05) is 13.6 Å². The van der Waals surface area contributed by atoms with Gasteiger partial charge in [-0.1, -0.05) is 24.3 Å². The zero-order valence-electron chi connectivity index (χ0n) is 8.92. The summed E-state index contributed by atoms with van der Waals surface area (Å²) in [6, 6.07) is 8.78. The van der Waals surface area contributed by atoms with Crippen molar-refractivity contribution < 1.29 is 4.79 Å². The Morgan fingerprint density at radius 1 is 1.47 bits per heavy atom. The third-order valence-electron chi connectivity index (χ3n) is 2.92. The van der Waals surface area contributed by atoms with Crippen LogP contribution >= 0.6 is 0 Å². The second-order valence-corrected chi connectivity index (χ2v) is 3.84. The lowest BCUT2D eigenvalue weighted by Crippen LogP contribution is -2.33. The molecule has 0 heterocycles. The Morgan fingerprint density at radius 3 is 3.07 bits per heavy atom. The van der Waals surface area contributed by atoms with Crippen LogP contribution in [0, 0.1) is 0 Å². The van der Waals surface area contributed by atoms with E-state index in [1.165, 1.54) is 11.1 Å². The minimum atomic E-state index is 0.0411. The van der Waals surface area contributed by atoms with E-state index < -0.39 is 0 Å². The molecule has 15 heavy (non-hydrogen) atoms. The van der Waals surface area contributed by atoms with E-state index in [4.69, 9.17) is 0 Å². The fourth-order valence-corrected chi connectivity index (χ4v) is 2.07. The molecule has 3 nitrogen and oxygen atoms in total. The number of rotatable bonds is 3. The molecular weight excluding hydrogens is 188 g/mol. The molecule has 2 N–H and O–H groups in total. The van der Waals surface area contributed by atoms with E-state index in [-0.39, 0.29) is 5.91 Å². The third kappa shape index (κ3) is 2.18. The molecule has 1 aliphatic rings. The Bertz CT molecular complexity index is 362. The van der Waals surface area contributed by atoms with Crippen LogP contribution in [-0.2, 0) is 11.2 Å². The van der Waals surface area contributed by atoms with Crippen LogP contribution in [0.2, 0.25) is 0 Å². The third-order valence-corrected chi connectivity index (χ3v) is 2.92. The van der Waals surface area contributed by atoms with Crippen molar-refractivity contribution in [1.82, 2.24) is 10.6 Å². The molecular formula is C12H16N2O. The highest BCUT2D eigenvalue weighted by molar-refractivity contribution is 5.77. The van der Waals surface area contributed by atoms with Crippen molar-refractivity contribution in [3.8, 4) is 0 Å². The van der Waals surface area contributed by atoms with Gasteiger partial charge in [0.1, 0.15) is 0 Å². The minimum Gasteiger partial charge on any atom is -0.358 e. The minimum absolute atomic E-state index is 0.0411. The molecule has 1 aliphatic carbocycles. The zero-order chi connectivity index (χ0) is 10.7. The predicted molar refractivity (Wildman–Crippen MR) is 59.6 cm³/mol. The average molecular weight is 204 g/mol. The topological polar surface area (TPSA) is 41.1 Å². The van der Waals surface area contributed by atoms with Gasteiger partial charge in [-0.25, -0.2) is 0 Å². The second kappa shape index (κ2) is 4.45. The van der Waals surface area contributed by atoms with Crippen LogP contribution < -0.4 is 10.6 Å². The Kier molecular flexibility index (Phi) is 3.02. The molecule has 1 aromatic carbocycles. The van der Waals surface area contributed by atoms with Gasteiger partial charge in [0.25, 0.3) is 0 Å². The van der Waals surface area contributed by atoms with Crippen LogP contribution in [0.25, 0.3) is 0 Å². The first-order valence-corrected chi connectivity index (χ1v) is 5.33. The molecule has 1 unspecified atom stereocenters. The number of carbonyl (C=O) groups is 1. The molecule has 0 bridgehead atoms. The van der Waals surface area contributed by atoms with Gasteiger partial charge in [0.05, 0.1) is 6.54 Å². The van der Waals surface area contributed by atoms with Crippen LogP contribution in [0.4, 0.5) is 0 Å². The predicted octanol–water partition coefficient (Wildman–Crippen LogP) is 1.01. The van der Waals surface area contributed by atoms with Gasteiger partial charge < -0.3 is 10.6 Å². The van der Waals surface area contributed by atoms with E-state index in [1.54, 1.807) is 7.05 Å². The lowest BCUT2D eigenvalue weighted by Gasteiger charge is -2.12. The Morgan fingerprint density at radius 2 is 2.27 bits per heavy atom. The van der Waals surface area contributed by atoms with Crippen molar-refractivity contribution in [2.24, 2.45) is 0 Å². The molecule has 0 saturated carbocycles. The first-order chi connectivity index (χ1) is 7.31. The SMILES string of the molecule is CNC(=O)CNC1CCc2ccccc21. The molecule has 2 rings (SSSR count). The van der Waals surface area contributed by atoms with Gasteiger partial charge in [0.2, 0.25) is 5.91 Å². The van der Waals surface area contributed by atoms with Crippen LogP contribution in [0.15, 0.2) is 24.3 Å². The number of hydrogen-bond acceptors (Lipinski definition) is 2. The number of aryl methyl sites for hydroxylation is 1. The second-order valence-electron chi connectivity index (χ2n) is 3.84. The fourth-order valence-electron chi connectivity index (χ4n) is 2.07. The van der Waals surface area contributed by atoms with E-state index >= 15 is 0 Å². The molecule has 80 valence electrons. The van der Waals surface area contributed by atoms with Crippen LogP contribution in [0.1, 0.15) is 23.6 Å². The van der Waals surface area contributed by atoms with E-state index in [9.17, 15) is 4.79 Å². The maximum atomic E-state index is 11.1. The number of nitrogens with one attached hydrogen (secondary N) is 2. The molecule has 1 aromatic rings. The van der Waals surface area contributed by atoms with Crippen LogP contribution in [0.3, 0.4) is 0 Å². The molecule has 0 saturated heterocycles. The summed E-state index contributed by atoms with van der Waals surface area (Å²) in [5.74, 6) is 0.0411. The monoisotopic (exact) mass is 204 g/mol. The van der Waals surface area contributed by atoms with Gasteiger partial charge in [-0.05, 0) is 24.0 Å². The van der Waals surface area contributed by atoms with Crippen LogP contribution in [0.5, 0.6) is 0 Å². The summed E-state index contributed by atoms with van der Waals surface area (Å²) in [5, 5.41) is 5.89. The summed E-state index contributed by atoms with van der Waals surface area (Å²) in [5.41, 5.74) is 2.76. The number of fused-ring (bicyclic) bond motifs is 1. The summed E-state index contributed by atoms with van der Waals surface area (Å²) < 4.78 is 0. The first-order valence-electron chi connectivity index (χ1n) is 5.33. The molecule has 0 fully saturated rings. The maximum absolute atomic E-state index is 11.1. The van der Waals surface area contributed by atoms with Gasteiger partial charge in [-0.2, -0.15) is 0 Å². The Hall–Kier alpha value is -1.35. The lowest BCUT2D eigenvalue weighted by molar-refractivity contribution is -0.119. The number of benzene rings is 1. The van der Waals surface area contributed by atoms with Crippen molar-refractivity contribution in [3.63, 3.8) is 0 Å². The molecule has 1 amide bonds. The average Bonchev–Trinajstić information content (AvgIpc) is 2.69. The lowest BCUT2D eigenvalue weighted by atomic mass is 10.1. The van der Waals surface area contributed by atoms with Crippen molar-refractivity contribution in [3.05, 3.63) is 35.4 Å². The van der Waals surface area contributed by atoms with Crippen molar-refractivity contribution >= 4 is 5.91 Å². The largest absolute Gasteiger partial charge is 0.358 e. The highest BCUT2D eigenvalue weighted by Crippen LogP contribution is 2.30. The summed E-state index contributed by atoms with van der Waals surface area (Å²) in [6.45, 7) is 0.398. The van der Waals surface area contributed by atoms with E-state index in [0.717, 1.165) is 12.8 Å². The summed E-state index contributed by atoms with van der Waals surface area (Å²) in [7, 11) is 1.66. The molecule has 3 heteroatoms. The number of amides is 1. The quantitative estimate of drug-likeness (QED) is 0.771. The highest BCUT2D eigenvalue weighted by atomic mass is 16.1. The standard InChI is InChI=1S/C12H16N2O/c1-13-12(15)8-14-11-7-6-9-4-2-3-5-10(9)11/h2-5,11,14H,6-8H2,1H3,(H,13,15). The number of carbonyl (C=O) groups excluding carboxylic acids is 1. The van der Waals surface area contributed by atoms with Gasteiger partial charge in [-0.3, -0.25) is 4.79 Å². The molecule has 1 atom stereocenters. The van der Waals surface area contributed by atoms with E-state index in [0.29, 0.717) is 12.6 Å². The zero-order valence-corrected chi connectivity index (χ0v) is 8.92. The number of likely N-dealkylation sites (N-methyl/N-ethyl adjacent to an activating group) is 1. The Labute approximate surface area is 89.9 Å². The summed E-state index contributed by atoms with van der Waals surface area (Å²) in [4.78, 5) is 11.1. The van der Waals surface area contributed by atoms with Gasteiger partial charge in [0, 0.05) is 13.1 Å². The van der Waals surface area contributed by atoms with Gasteiger partial charge in [-0.15, -0.1) is 0 Å². The highest BCUT2D eigenvalue weighted by Gasteiger charge is 2.21. The van der Waals surface area contributed by atoms with Crippen LogP contribution in [-0.4, -0.2) is 19.5 Å². The smallest absolute Gasteiger partial charge is 0.233 e. The van der Waals surface area contributed by atoms with E-state index in [1.807, 2.05) is 0 Å². The van der Waals surface area contributed by atoms with Crippen molar-refractivity contribution in [2.45, 2.75) is 18.9 Å². The fraction of sp³-hybridized carbons (Fsp3) is 0.417. The normalized spacial score (nSPS) is 18.6. The molecule has 0 radical (unpaired) electrons. The summed E-state index contributed by atoms with van der Waals surface area (Å²) in [6.07, 6.45) is 2.21.